The maximum Gasteiger partial charge on any atom is 0.338 e. The molecule has 0 amide bonds. The Morgan fingerprint density at radius 3 is 2.60 bits per heavy atom. The average molecular weight is 316 g/mol. The number of carbonyl (C=O) groups is 1. The van der Waals surface area contributed by atoms with Crippen molar-refractivity contribution >= 4 is 28.6 Å². The fourth-order valence-corrected chi connectivity index (χ4v) is 2.72. The van der Waals surface area contributed by atoms with E-state index in [0.717, 1.165) is 19.3 Å². The molecule has 0 heterocycles. The number of halogens is 1. The van der Waals surface area contributed by atoms with Gasteiger partial charge in [-0.2, -0.15) is 0 Å². The van der Waals surface area contributed by atoms with Crippen LogP contribution in [0.25, 0.3) is 0 Å². The van der Waals surface area contributed by atoms with Crippen molar-refractivity contribution < 1.29 is 9.53 Å². The van der Waals surface area contributed by atoms with E-state index < -0.39 is 0 Å². The van der Waals surface area contributed by atoms with Gasteiger partial charge in [-0.1, -0.05) is 40.8 Å². The topological polar surface area (TPSA) is 26.3 Å². The molecular formula is C12H13IO2. The zero-order chi connectivity index (χ0) is 10.7. The molecule has 1 fully saturated rings. The van der Waals surface area contributed by atoms with E-state index in [2.05, 4.69) is 22.6 Å². The number of ether oxygens (including phenoxy) is 1. The van der Waals surface area contributed by atoms with E-state index in [1.54, 1.807) is 12.1 Å². The maximum atomic E-state index is 11.7. The van der Waals surface area contributed by atoms with Crippen LogP contribution in [0.3, 0.4) is 0 Å². The average Bonchev–Trinajstić information content (AvgIpc) is 2.65. The molecule has 15 heavy (non-hydrogen) atoms. The fourth-order valence-electron chi connectivity index (χ4n) is 1.79. The zero-order valence-electron chi connectivity index (χ0n) is 8.36. The smallest absolute Gasteiger partial charge is 0.338 e. The van der Waals surface area contributed by atoms with Gasteiger partial charge in [0, 0.05) is 3.92 Å². The largest absolute Gasteiger partial charge is 0.459 e. The lowest BCUT2D eigenvalue weighted by Crippen LogP contribution is -2.15. The molecule has 0 saturated heterocycles. The third-order valence-corrected chi connectivity index (χ3v) is 3.74. The second-order valence-electron chi connectivity index (χ2n) is 3.80. The summed E-state index contributed by atoms with van der Waals surface area (Å²) in [6.45, 7) is 0. The van der Waals surface area contributed by atoms with Crippen LogP contribution in [0.4, 0.5) is 0 Å². The van der Waals surface area contributed by atoms with E-state index in [4.69, 9.17) is 4.74 Å². The minimum absolute atomic E-state index is 0.125. The van der Waals surface area contributed by atoms with Crippen molar-refractivity contribution in [3.05, 3.63) is 35.9 Å². The molecule has 1 aromatic carbocycles. The molecule has 2 atom stereocenters. The third kappa shape index (κ3) is 2.93. The third-order valence-electron chi connectivity index (χ3n) is 2.60. The van der Waals surface area contributed by atoms with Crippen molar-refractivity contribution in [3.63, 3.8) is 0 Å². The Balaban J connectivity index is 1.93. The van der Waals surface area contributed by atoms with Gasteiger partial charge in [-0.25, -0.2) is 4.79 Å². The first-order valence-corrected chi connectivity index (χ1v) is 6.40. The van der Waals surface area contributed by atoms with Gasteiger partial charge >= 0.3 is 5.97 Å². The summed E-state index contributed by atoms with van der Waals surface area (Å²) in [5, 5.41) is 0. The van der Waals surface area contributed by atoms with Crippen molar-refractivity contribution in [1.82, 2.24) is 0 Å². The standard InChI is InChI=1S/C12H13IO2/c13-10-6-7-11(8-10)15-12(14)9-4-2-1-3-5-9/h1-5,10-11H,6-8H2. The number of benzene rings is 1. The van der Waals surface area contributed by atoms with Crippen LogP contribution in [0.2, 0.25) is 0 Å². The van der Waals surface area contributed by atoms with Crippen LogP contribution in [0.15, 0.2) is 30.3 Å². The van der Waals surface area contributed by atoms with Crippen molar-refractivity contribution in [1.29, 1.82) is 0 Å². The summed E-state index contributed by atoms with van der Waals surface area (Å²) in [7, 11) is 0. The first-order valence-electron chi connectivity index (χ1n) is 5.16. The molecule has 1 aliphatic carbocycles. The van der Waals surface area contributed by atoms with Crippen LogP contribution in [0, 0.1) is 0 Å². The van der Waals surface area contributed by atoms with Crippen LogP contribution in [-0.2, 0) is 4.74 Å². The monoisotopic (exact) mass is 316 g/mol. The molecule has 80 valence electrons. The molecule has 1 aliphatic rings. The molecule has 1 aromatic rings. The minimum atomic E-state index is -0.189. The second-order valence-corrected chi connectivity index (χ2v) is 5.57. The number of rotatable bonds is 2. The van der Waals surface area contributed by atoms with E-state index in [9.17, 15) is 4.79 Å². The highest BCUT2D eigenvalue weighted by atomic mass is 127. The van der Waals surface area contributed by atoms with E-state index in [-0.39, 0.29) is 12.1 Å². The molecule has 0 bridgehead atoms. The number of esters is 1. The Kier molecular flexibility index (Phi) is 3.61. The number of hydrogen-bond acceptors (Lipinski definition) is 2. The number of hydrogen-bond donors (Lipinski definition) is 0. The lowest BCUT2D eigenvalue weighted by Gasteiger charge is -2.11. The Morgan fingerprint density at radius 1 is 1.27 bits per heavy atom. The van der Waals surface area contributed by atoms with Gasteiger partial charge in [-0.15, -0.1) is 0 Å². The van der Waals surface area contributed by atoms with Gasteiger partial charge in [-0.3, -0.25) is 0 Å². The molecule has 2 nitrogen and oxygen atoms in total. The van der Waals surface area contributed by atoms with Crippen LogP contribution >= 0.6 is 22.6 Å². The normalized spacial score (nSPS) is 25.1. The Hall–Kier alpha value is -0.580. The first-order chi connectivity index (χ1) is 7.25. The molecule has 0 spiro atoms. The predicted molar refractivity (Wildman–Crippen MR) is 67.3 cm³/mol. The van der Waals surface area contributed by atoms with Crippen LogP contribution in [0.5, 0.6) is 0 Å². The van der Waals surface area contributed by atoms with Crippen molar-refractivity contribution in [3.8, 4) is 0 Å². The lowest BCUT2D eigenvalue weighted by atomic mass is 10.2. The quantitative estimate of drug-likeness (QED) is 0.476. The lowest BCUT2D eigenvalue weighted by molar-refractivity contribution is 0.0319. The molecule has 0 aromatic heterocycles. The zero-order valence-corrected chi connectivity index (χ0v) is 10.5. The van der Waals surface area contributed by atoms with Gasteiger partial charge in [0.05, 0.1) is 5.56 Å². The number of alkyl halides is 1. The molecule has 3 heteroatoms. The van der Waals surface area contributed by atoms with E-state index in [1.165, 1.54) is 0 Å². The summed E-state index contributed by atoms with van der Waals surface area (Å²) >= 11 is 2.42. The summed E-state index contributed by atoms with van der Waals surface area (Å²) in [5.74, 6) is -0.189. The van der Waals surface area contributed by atoms with Crippen LogP contribution in [-0.4, -0.2) is 16.0 Å². The van der Waals surface area contributed by atoms with E-state index >= 15 is 0 Å². The highest BCUT2D eigenvalue weighted by molar-refractivity contribution is 14.1. The molecule has 1 saturated carbocycles. The highest BCUT2D eigenvalue weighted by Crippen LogP contribution is 2.28. The fraction of sp³-hybridized carbons (Fsp3) is 0.417. The molecule has 0 N–H and O–H groups in total. The molecule has 0 aliphatic heterocycles. The second kappa shape index (κ2) is 4.96. The molecule has 2 rings (SSSR count). The van der Waals surface area contributed by atoms with Gasteiger partial charge < -0.3 is 4.74 Å². The molecular weight excluding hydrogens is 303 g/mol. The maximum absolute atomic E-state index is 11.7. The van der Waals surface area contributed by atoms with Crippen LogP contribution < -0.4 is 0 Å². The first kappa shape index (κ1) is 10.9. The SMILES string of the molecule is O=C(OC1CCC(I)C1)c1ccccc1. The van der Waals surface area contributed by atoms with Crippen LogP contribution in [0.1, 0.15) is 29.6 Å². The van der Waals surface area contributed by atoms with Gasteiger partial charge in [0.1, 0.15) is 6.10 Å². The van der Waals surface area contributed by atoms with Gasteiger partial charge in [-0.05, 0) is 31.4 Å². The molecule has 2 unspecified atom stereocenters. The summed E-state index contributed by atoms with van der Waals surface area (Å²) < 4.78 is 6.09. The van der Waals surface area contributed by atoms with E-state index in [1.807, 2.05) is 18.2 Å². The molecule has 0 radical (unpaired) electrons. The summed E-state index contributed by atoms with van der Waals surface area (Å²) in [5.41, 5.74) is 0.648. The highest BCUT2D eigenvalue weighted by Gasteiger charge is 2.25. The van der Waals surface area contributed by atoms with Crippen molar-refractivity contribution in [2.45, 2.75) is 29.3 Å². The predicted octanol–water partition coefficient (Wildman–Crippen LogP) is 3.20. The Bertz CT molecular complexity index is 337. The van der Waals surface area contributed by atoms with Crippen molar-refractivity contribution in [2.75, 3.05) is 0 Å². The van der Waals surface area contributed by atoms with E-state index in [0.29, 0.717) is 9.49 Å². The number of carbonyl (C=O) groups excluding carboxylic acids is 1. The Labute approximate surface area is 103 Å². The van der Waals surface area contributed by atoms with Gasteiger partial charge in [0.25, 0.3) is 0 Å². The van der Waals surface area contributed by atoms with Gasteiger partial charge in [0.15, 0.2) is 0 Å². The minimum Gasteiger partial charge on any atom is -0.459 e. The van der Waals surface area contributed by atoms with Crippen molar-refractivity contribution in [2.24, 2.45) is 0 Å². The Morgan fingerprint density at radius 2 is 2.00 bits per heavy atom. The summed E-state index contributed by atoms with van der Waals surface area (Å²) in [6, 6.07) is 9.18. The summed E-state index contributed by atoms with van der Waals surface area (Å²) in [6.07, 6.45) is 3.29. The van der Waals surface area contributed by atoms with Gasteiger partial charge in [0.2, 0.25) is 0 Å². The summed E-state index contributed by atoms with van der Waals surface area (Å²) in [4.78, 5) is 11.7.